The number of nitrogens with zero attached hydrogens (tertiary/aromatic N) is 2. The van der Waals surface area contributed by atoms with Gasteiger partial charge in [-0.3, -0.25) is 25.1 Å². The van der Waals surface area contributed by atoms with E-state index in [0.717, 1.165) is 0 Å². The number of carbonyl (C=O) groups is 3. The zero-order valence-electron chi connectivity index (χ0n) is 21.2. The highest BCUT2D eigenvalue weighted by Crippen LogP contribution is 2.22. The molecular formula is C24H37ClN6O5S. The standard InChI is InChI=1S/C24H36N6O5S.ClH/c1-17(2)15-20(28-36(34,35)19-7-4-3-5-8-19)23(33)30-12-6-9-21(30)22(32)27-24(25)29-13-10-18(11-14-29)26-16-31;/h3-5,7-8,16-18,20-21,28H,6,9-15H2,1-2H3,(H,26,31)(H2,25,27,32);1H/t20-,21+;/m1./s1. The first-order valence-electron chi connectivity index (χ1n) is 12.3. The van der Waals surface area contributed by atoms with Crippen molar-refractivity contribution in [3.63, 3.8) is 0 Å². The van der Waals surface area contributed by atoms with E-state index in [1.54, 1.807) is 23.1 Å². The molecule has 37 heavy (non-hydrogen) atoms. The van der Waals surface area contributed by atoms with Gasteiger partial charge in [-0.05, 0) is 50.2 Å². The van der Waals surface area contributed by atoms with E-state index in [4.69, 9.17) is 5.41 Å². The van der Waals surface area contributed by atoms with Gasteiger partial charge in [0, 0.05) is 25.7 Å². The molecule has 0 bridgehead atoms. The highest BCUT2D eigenvalue weighted by molar-refractivity contribution is 7.89. The predicted octanol–water partition coefficient (Wildman–Crippen LogP) is 1.05. The molecule has 0 spiro atoms. The zero-order valence-corrected chi connectivity index (χ0v) is 22.8. The van der Waals surface area contributed by atoms with E-state index in [0.29, 0.717) is 51.7 Å². The van der Waals surface area contributed by atoms with Crippen LogP contribution in [0.15, 0.2) is 35.2 Å². The van der Waals surface area contributed by atoms with E-state index >= 15 is 0 Å². The lowest BCUT2D eigenvalue weighted by molar-refractivity contribution is -0.139. The lowest BCUT2D eigenvalue weighted by Crippen LogP contribution is -2.56. The average Bonchev–Trinajstić information content (AvgIpc) is 3.34. The van der Waals surface area contributed by atoms with Crippen molar-refractivity contribution in [1.29, 1.82) is 5.41 Å². The molecule has 0 saturated carbocycles. The fraction of sp³-hybridized carbons (Fsp3) is 0.583. The number of amides is 3. The fourth-order valence-corrected chi connectivity index (χ4v) is 5.90. The number of piperidine rings is 1. The molecule has 3 amide bonds. The number of nitrogens with one attached hydrogen (secondary N) is 4. The molecule has 0 radical (unpaired) electrons. The summed E-state index contributed by atoms with van der Waals surface area (Å²) >= 11 is 0. The topological polar surface area (TPSA) is 152 Å². The molecule has 2 heterocycles. The first-order chi connectivity index (χ1) is 17.1. The molecule has 4 N–H and O–H groups in total. The summed E-state index contributed by atoms with van der Waals surface area (Å²) in [5.41, 5.74) is 0. The van der Waals surface area contributed by atoms with Crippen LogP contribution in [0.3, 0.4) is 0 Å². The Balaban J connectivity index is 0.00000481. The third kappa shape index (κ3) is 8.14. The van der Waals surface area contributed by atoms with Crippen molar-refractivity contribution in [3.05, 3.63) is 30.3 Å². The molecule has 2 saturated heterocycles. The van der Waals surface area contributed by atoms with Gasteiger partial charge in [-0.1, -0.05) is 32.0 Å². The first kappa shape index (κ1) is 30.5. The van der Waals surface area contributed by atoms with Gasteiger partial charge >= 0.3 is 0 Å². The first-order valence-corrected chi connectivity index (χ1v) is 13.8. The maximum absolute atomic E-state index is 13.5. The van der Waals surface area contributed by atoms with Crippen molar-refractivity contribution in [2.75, 3.05) is 19.6 Å². The Morgan fingerprint density at radius 2 is 1.76 bits per heavy atom. The third-order valence-electron chi connectivity index (χ3n) is 6.55. The number of hydrogen-bond donors (Lipinski definition) is 4. The number of carbonyl (C=O) groups excluding carboxylic acids is 3. The van der Waals surface area contributed by atoms with Crippen molar-refractivity contribution in [3.8, 4) is 0 Å². The van der Waals surface area contributed by atoms with Gasteiger partial charge in [0.25, 0.3) is 0 Å². The van der Waals surface area contributed by atoms with Crippen LogP contribution in [0.2, 0.25) is 0 Å². The van der Waals surface area contributed by atoms with Crippen LogP contribution in [-0.4, -0.2) is 80.2 Å². The summed E-state index contributed by atoms with van der Waals surface area (Å²) in [6, 6.07) is 6.16. The minimum absolute atomic E-state index is 0. The Labute approximate surface area is 224 Å². The van der Waals surface area contributed by atoms with Crippen LogP contribution >= 0.6 is 12.4 Å². The van der Waals surface area contributed by atoms with Gasteiger partial charge in [-0.2, -0.15) is 4.72 Å². The van der Waals surface area contributed by atoms with Gasteiger partial charge in [0.2, 0.25) is 28.2 Å². The number of guanidine groups is 1. The SMILES string of the molecule is CC(C)C[C@@H](NS(=O)(=O)c1ccccc1)C(=O)N1CCC[C@H]1C(=O)NC(=N)N1CCC(NC=O)CC1.Cl. The Hall–Kier alpha value is -2.70. The summed E-state index contributed by atoms with van der Waals surface area (Å²) in [5, 5.41) is 13.7. The fourth-order valence-electron chi connectivity index (χ4n) is 4.67. The number of sulfonamides is 1. The minimum atomic E-state index is -3.93. The molecule has 206 valence electrons. The van der Waals surface area contributed by atoms with Crippen LogP contribution < -0.4 is 15.4 Å². The van der Waals surface area contributed by atoms with E-state index in [1.807, 2.05) is 13.8 Å². The molecule has 0 aromatic heterocycles. The minimum Gasteiger partial charge on any atom is -0.356 e. The van der Waals surface area contributed by atoms with Crippen molar-refractivity contribution >= 4 is 46.6 Å². The molecule has 2 fully saturated rings. The molecule has 2 atom stereocenters. The number of likely N-dealkylation sites (tertiary alicyclic amines) is 2. The molecule has 13 heteroatoms. The van der Waals surface area contributed by atoms with Crippen LogP contribution in [-0.2, 0) is 24.4 Å². The van der Waals surface area contributed by atoms with Crippen molar-refractivity contribution in [2.24, 2.45) is 5.92 Å². The van der Waals surface area contributed by atoms with Crippen molar-refractivity contribution < 1.29 is 22.8 Å². The largest absolute Gasteiger partial charge is 0.356 e. The molecule has 1 aromatic carbocycles. The Bertz CT molecular complexity index is 1050. The van der Waals surface area contributed by atoms with Crippen LogP contribution in [0, 0.1) is 11.3 Å². The van der Waals surface area contributed by atoms with Crippen molar-refractivity contribution in [2.45, 2.75) is 69.0 Å². The molecule has 0 unspecified atom stereocenters. The lowest BCUT2D eigenvalue weighted by atomic mass is 10.0. The second-order valence-electron chi connectivity index (χ2n) is 9.69. The molecule has 0 aliphatic carbocycles. The van der Waals surface area contributed by atoms with E-state index in [2.05, 4.69) is 15.4 Å². The van der Waals surface area contributed by atoms with Gasteiger partial charge < -0.3 is 15.1 Å². The van der Waals surface area contributed by atoms with Crippen LogP contribution in [0.4, 0.5) is 0 Å². The Kier molecular flexibility index (Phi) is 11.3. The summed E-state index contributed by atoms with van der Waals surface area (Å²) in [4.78, 5) is 40.4. The molecule has 2 aliphatic heterocycles. The Morgan fingerprint density at radius 1 is 1.11 bits per heavy atom. The van der Waals surface area contributed by atoms with E-state index in [-0.39, 0.29) is 41.6 Å². The van der Waals surface area contributed by atoms with Gasteiger partial charge in [0.05, 0.1) is 4.90 Å². The quantitative estimate of drug-likeness (QED) is 0.203. The third-order valence-corrected chi connectivity index (χ3v) is 8.04. The van der Waals surface area contributed by atoms with Gasteiger partial charge in [-0.25, -0.2) is 8.42 Å². The highest BCUT2D eigenvalue weighted by atomic mass is 35.5. The summed E-state index contributed by atoms with van der Waals surface area (Å²) in [7, 11) is -3.93. The molecule has 1 aromatic rings. The smallest absolute Gasteiger partial charge is 0.249 e. The van der Waals surface area contributed by atoms with E-state index in [9.17, 15) is 22.8 Å². The monoisotopic (exact) mass is 556 g/mol. The van der Waals surface area contributed by atoms with Crippen LogP contribution in [0.25, 0.3) is 0 Å². The molecule has 3 rings (SSSR count). The zero-order chi connectivity index (χ0) is 26.3. The van der Waals surface area contributed by atoms with Gasteiger partial charge in [0.15, 0.2) is 5.96 Å². The summed E-state index contributed by atoms with van der Waals surface area (Å²) in [5.74, 6) is -0.884. The summed E-state index contributed by atoms with van der Waals surface area (Å²) in [6.45, 7) is 5.20. The molecule has 11 nitrogen and oxygen atoms in total. The predicted molar refractivity (Wildman–Crippen MR) is 142 cm³/mol. The molecular weight excluding hydrogens is 520 g/mol. The number of hydrogen-bond acceptors (Lipinski definition) is 6. The average molecular weight is 557 g/mol. The molecule has 2 aliphatic rings. The van der Waals surface area contributed by atoms with Gasteiger partial charge in [0.1, 0.15) is 12.1 Å². The normalized spacial score (nSPS) is 19.2. The van der Waals surface area contributed by atoms with E-state index in [1.165, 1.54) is 17.0 Å². The van der Waals surface area contributed by atoms with E-state index < -0.39 is 33.9 Å². The Morgan fingerprint density at radius 3 is 2.35 bits per heavy atom. The second kappa shape index (κ2) is 13.7. The number of halogens is 1. The second-order valence-corrected chi connectivity index (χ2v) is 11.4. The van der Waals surface area contributed by atoms with Crippen LogP contribution in [0.1, 0.15) is 46.0 Å². The highest BCUT2D eigenvalue weighted by Gasteiger charge is 2.39. The lowest BCUT2D eigenvalue weighted by Gasteiger charge is -2.34. The van der Waals surface area contributed by atoms with Crippen molar-refractivity contribution in [1.82, 2.24) is 25.2 Å². The number of rotatable bonds is 9. The summed E-state index contributed by atoms with van der Waals surface area (Å²) in [6.07, 6.45) is 3.35. The maximum atomic E-state index is 13.5. The van der Waals surface area contributed by atoms with Crippen LogP contribution in [0.5, 0.6) is 0 Å². The summed E-state index contributed by atoms with van der Waals surface area (Å²) < 4.78 is 28.4. The van der Waals surface area contributed by atoms with Gasteiger partial charge in [-0.15, -0.1) is 12.4 Å². The number of benzene rings is 1. The maximum Gasteiger partial charge on any atom is 0.249 e.